The molecule has 1 saturated carbocycles. The van der Waals surface area contributed by atoms with Crippen LogP contribution in [0.25, 0.3) is 0 Å². The lowest BCUT2D eigenvalue weighted by molar-refractivity contribution is -0.119. The molecule has 6 rings (SSSR count). The Hall–Kier alpha value is -3.49. The Morgan fingerprint density at radius 3 is 2.25 bits per heavy atom. The van der Waals surface area contributed by atoms with E-state index in [0.717, 1.165) is 49.4 Å². The number of benzene rings is 3. The van der Waals surface area contributed by atoms with E-state index in [-0.39, 0.29) is 16.7 Å². The van der Waals surface area contributed by atoms with Gasteiger partial charge < -0.3 is 9.80 Å². The number of amides is 1. The van der Waals surface area contributed by atoms with E-state index in [9.17, 15) is 13.2 Å². The Morgan fingerprint density at radius 1 is 0.975 bits per heavy atom. The van der Waals surface area contributed by atoms with Gasteiger partial charge in [-0.1, -0.05) is 53.6 Å². The fraction of sp³-hybridized carbons (Fsp3) is 0.375. The highest BCUT2D eigenvalue weighted by molar-refractivity contribution is 7.89. The fourth-order valence-electron chi connectivity index (χ4n) is 5.49. The number of aliphatic imine (C=N–C) groups is 1. The number of carbonyl (C=O) groups is 1. The molecule has 3 aliphatic rings. The monoisotopic (exact) mass is 558 g/mol. The van der Waals surface area contributed by atoms with Crippen molar-refractivity contribution in [2.75, 3.05) is 31.6 Å². The van der Waals surface area contributed by atoms with Gasteiger partial charge in [0.2, 0.25) is 15.9 Å². The molecule has 1 amide bonds. The number of nitrogens with zero attached hydrogens (tertiary/aromatic N) is 3. The molecule has 2 atom stereocenters. The second-order valence-electron chi connectivity index (χ2n) is 11.2. The highest BCUT2D eigenvalue weighted by Crippen LogP contribution is 2.49. The summed E-state index contributed by atoms with van der Waals surface area (Å²) in [5, 5.41) is 4.88. The molecule has 1 fully saturated rings. The van der Waals surface area contributed by atoms with Gasteiger partial charge in [-0.2, -0.15) is 0 Å². The highest BCUT2D eigenvalue weighted by Gasteiger charge is 2.46. The predicted octanol–water partition coefficient (Wildman–Crippen LogP) is 4.61. The van der Waals surface area contributed by atoms with Crippen molar-refractivity contribution in [2.45, 2.75) is 50.3 Å². The summed E-state index contributed by atoms with van der Waals surface area (Å²) in [5.41, 5.74) is 7.46. The summed E-state index contributed by atoms with van der Waals surface area (Å²) in [6, 6.07) is 21.7. The molecule has 2 unspecified atom stereocenters. The number of nitrogens with two attached hydrogens (primary N) is 1. The van der Waals surface area contributed by atoms with E-state index in [1.54, 1.807) is 12.1 Å². The summed E-state index contributed by atoms with van der Waals surface area (Å²) in [4.78, 5) is 22.6. The Bertz CT molecular complexity index is 1510. The van der Waals surface area contributed by atoms with Gasteiger partial charge in [-0.15, -0.1) is 0 Å². The minimum atomic E-state index is -3.52. The van der Waals surface area contributed by atoms with Crippen LogP contribution in [-0.2, 0) is 27.7 Å². The third kappa shape index (κ3) is 6.45. The van der Waals surface area contributed by atoms with Crippen molar-refractivity contribution in [3.8, 4) is 0 Å². The number of hydrogen-bond donors (Lipinski definition) is 1. The Morgan fingerprint density at radius 2 is 1.62 bits per heavy atom. The average Bonchev–Trinajstić information content (AvgIpc) is 3.40. The molecule has 1 aliphatic heterocycles. The Labute approximate surface area is 237 Å². The molecule has 210 valence electrons. The molecule has 2 N–H and O–H groups in total. The molecular formula is C32H38N4O3S. The van der Waals surface area contributed by atoms with E-state index in [4.69, 9.17) is 5.14 Å². The van der Waals surface area contributed by atoms with Crippen molar-refractivity contribution in [2.24, 2.45) is 16.0 Å². The maximum absolute atomic E-state index is 13.6. The summed E-state index contributed by atoms with van der Waals surface area (Å²) >= 11 is 0. The molecule has 1 heterocycles. The summed E-state index contributed by atoms with van der Waals surface area (Å²) in [6.07, 6.45) is 4.46. The van der Waals surface area contributed by atoms with E-state index in [0.29, 0.717) is 12.5 Å². The van der Waals surface area contributed by atoms with Crippen LogP contribution in [0.1, 0.15) is 46.6 Å². The number of fused-ring (bicyclic) bond motifs is 1. The van der Waals surface area contributed by atoms with Gasteiger partial charge in [0.1, 0.15) is 5.84 Å². The van der Waals surface area contributed by atoms with Crippen LogP contribution >= 0.6 is 0 Å². The van der Waals surface area contributed by atoms with Crippen LogP contribution in [-0.4, -0.2) is 51.7 Å². The van der Waals surface area contributed by atoms with Crippen LogP contribution < -0.4 is 10.0 Å². The molecule has 3 aromatic rings. The van der Waals surface area contributed by atoms with Crippen molar-refractivity contribution >= 4 is 27.5 Å². The average molecular weight is 559 g/mol. The molecule has 40 heavy (non-hydrogen) atoms. The number of likely N-dealkylation sites (N-methyl/N-ethyl adjacent to an activating group) is 1. The molecule has 0 bridgehead atoms. The second-order valence-corrected chi connectivity index (χ2v) is 12.7. The summed E-state index contributed by atoms with van der Waals surface area (Å²) in [6.45, 7) is 6.33. The van der Waals surface area contributed by atoms with Crippen molar-refractivity contribution in [1.82, 2.24) is 4.90 Å². The molecule has 8 heteroatoms. The first-order chi connectivity index (χ1) is 19.1. The third-order valence-corrected chi connectivity index (χ3v) is 9.02. The number of amidine groups is 1. The van der Waals surface area contributed by atoms with Gasteiger partial charge in [-0.25, -0.2) is 13.6 Å². The van der Waals surface area contributed by atoms with Gasteiger partial charge in [-0.3, -0.25) is 9.79 Å². The lowest BCUT2D eigenvalue weighted by Gasteiger charge is -2.26. The number of rotatable bonds is 6. The lowest BCUT2D eigenvalue weighted by atomic mass is 10.1. The van der Waals surface area contributed by atoms with E-state index >= 15 is 0 Å². The smallest absolute Gasteiger partial charge is 0.238 e. The van der Waals surface area contributed by atoms with Crippen LogP contribution in [0, 0.1) is 19.8 Å². The van der Waals surface area contributed by atoms with Gasteiger partial charge in [0.05, 0.1) is 18.0 Å². The second kappa shape index (κ2) is 11.6. The van der Waals surface area contributed by atoms with Gasteiger partial charge in [0.25, 0.3) is 0 Å². The standard InChI is InChI=1S/C25H29N3O.C7H9NO2S/c1-17-6-8-19(9-7-17)22-15-23(22)25(29)28(16-24-26-12-13-27(24)2)21-11-10-18-4-3-5-20(18)14-21;1-6-2-4-7(5-3-6)11(8,9)10/h6-11,14,22-23H,3-5,12-13,15-16H2,1-2H3;2-5H,1H3,(H2,8,9,10). The first-order valence-corrected chi connectivity index (χ1v) is 15.5. The molecule has 0 aromatic heterocycles. The number of hydrogen-bond acceptors (Lipinski definition) is 5. The number of primary sulfonamides is 1. The Kier molecular flexibility index (Phi) is 8.10. The van der Waals surface area contributed by atoms with E-state index in [1.165, 1.54) is 40.8 Å². The zero-order valence-electron chi connectivity index (χ0n) is 23.5. The van der Waals surface area contributed by atoms with Crippen LogP contribution in [0.4, 0.5) is 5.69 Å². The molecule has 7 nitrogen and oxygen atoms in total. The Balaban J connectivity index is 0.000000248. The number of carbonyl (C=O) groups excluding carboxylic acids is 1. The van der Waals surface area contributed by atoms with Crippen LogP contribution in [0.2, 0.25) is 0 Å². The van der Waals surface area contributed by atoms with Crippen LogP contribution in [0.3, 0.4) is 0 Å². The first-order valence-electron chi connectivity index (χ1n) is 13.9. The van der Waals surface area contributed by atoms with Crippen LogP contribution in [0.5, 0.6) is 0 Å². The van der Waals surface area contributed by atoms with E-state index < -0.39 is 10.0 Å². The zero-order valence-corrected chi connectivity index (χ0v) is 24.3. The molecular weight excluding hydrogens is 520 g/mol. The van der Waals surface area contributed by atoms with Crippen LogP contribution in [0.15, 0.2) is 76.6 Å². The SMILES string of the molecule is Cc1ccc(C2CC2C(=O)N(CC2=NCCN2C)c2ccc3c(c2)CCC3)cc1.Cc1ccc(S(N)(=O)=O)cc1. The third-order valence-electron chi connectivity index (χ3n) is 8.09. The minimum absolute atomic E-state index is 0.0817. The van der Waals surface area contributed by atoms with Crippen molar-refractivity contribution < 1.29 is 13.2 Å². The van der Waals surface area contributed by atoms with Crippen molar-refractivity contribution in [3.63, 3.8) is 0 Å². The molecule has 3 aromatic carbocycles. The molecule has 2 aliphatic carbocycles. The number of aryl methyl sites for hydroxylation is 4. The topological polar surface area (TPSA) is 96.1 Å². The normalized spacial score (nSPS) is 19.4. The van der Waals surface area contributed by atoms with Crippen molar-refractivity contribution in [1.29, 1.82) is 0 Å². The molecule has 0 spiro atoms. The maximum Gasteiger partial charge on any atom is 0.238 e. The van der Waals surface area contributed by atoms with Gasteiger partial charge in [-0.05, 0) is 86.4 Å². The first kappa shape index (κ1) is 28.1. The highest BCUT2D eigenvalue weighted by atomic mass is 32.2. The van der Waals surface area contributed by atoms with E-state index in [1.807, 2.05) is 11.8 Å². The fourth-order valence-corrected chi connectivity index (χ4v) is 6.01. The minimum Gasteiger partial charge on any atom is -0.360 e. The number of anilines is 1. The van der Waals surface area contributed by atoms with E-state index in [2.05, 4.69) is 66.3 Å². The maximum atomic E-state index is 13.6. The van der Waals surface area contributed by atoms with Crippen molar-refractivity contribution in [3.05, 3.63) is 94.5 Å². The summed E-state index contributed by atoms with van der Waals surface area (Å²) in [5.74, 6) is 1.70. The quantitative estimate of drug-likeness (QED) is 0.478. The molecule has 0 radical (unpaired) electrons. The molecule has 0 saturated heterocycles. The summed E-state index contributed by atoms with van der Waals surface area (Å²) in [7, 11) is -1.45. The lowest BCUT2D eigenvalue weighted by Crippen LogP contribution is -2.41. The van der Waals surface area contributed by atoms with Gasteiger partial charge in [0, 0.05) is 25.2 Å². The largest absolute Gasteiger partial charge is 0.360 e. The number of sulfonamides is 1. The zero-order chi connectivity index (χ0) is 28.4. The van der Waals surface area contributed by atoms with Gasteiger partial charge >= 0.3 is 0 Å². The predicted molar refractivity (Wildman–Crippen MR) is 160 cm³/mol. The summed E-state index contributed by atoms with van der Waals surface area (Å²) < 4.78 is 21.4. The van der Waals surface area contributed by atoms with Gasteiger partial charge in [0.15, 0.2) is 0 Å².